The van der Waals surface area contributed by atoms with Gasteiger partial charge in [0.25, 0.3) is 0 Å². The zero-order chi connectivity index (χ0) is 22.4. The minimum atomic E-state index is -4.04. The van der Waals surface area contributed by atoms with Crippen molar-refractivity contribution in [3.8, 4) is 22.3 Å². The molecule has 0 heterocycles. The maximum Gasteiger partial charge on any atom is 0.238 e. The molecule has 0 aliphatic rings. The van der Waals surface area contributed by atoms with Gasteiger partial charge in [-0.05, 0) is 35.4 Å². The quantitative estimate of drug-likeness (QED) is 0.342. The molecule has 0 bridgehead atoms. The van der Waals surface area contributed by atoms with Crippen LogP contribution in [-0.2, 0) is 10.0 Å². The summed E-state index contributed by atoms with van der Waals surface area (Å²) in [5, 5.41) is 5.35. The smallest absolute Gasteiger partial charge is 0.238 e. The van der Waals surface area contributed by atoms with Crippen LogP contribution in [0, 0.1) is 23.3 Å². The Bertz CT molecular complexity index is 1250. The van der Waals surface area contributed by atoms with E-state index in [1.54, 1.807) is 19.0 Å². The molecule has 2 N–H and O–H groups in total. The van der Waals surface area contributed by atoms with E-state index in [9.17, 15) is 26.0 Å². The van der Waals surface area contributed by atoms with Gasteiger partial charge in [0.15, 0.2) is 23.3 Å². The Morgan fingerprint density at radius 2 is 1.27 bits per heavy atom. The Labute approximate surface area is 175 Å². The second-order valence-corrected chi connectivity index (χ2v) is 8.60. The van der Waals surface area contributed by atoms with Gasteiger partial charge in [-0.2, -0.15) is 0 Å². The Kier molecular flexibility index (Phi) is 5.81. The number of nitrogens with two attached hydrogens (primary N) is 1. The molecular weight excluding hydrogens is 444 g/mol. The molecule has 0 atom stereocenters. The number of rotatable bonds is 4. The average Bonchev–Trinajstić information content (AvgIpc) is 2.69. The fraction of sp³-hybridized carbons (Fsp3) is 0.100. The number of hydrogen-bond acceptors (Lipinski definition) is 3. The third-order valence-corrected chi connectivity index (χ3v) is 5.70. The summed E-state index contributed by atoms with van der Waals surface area (Å²) in [6, 6.07) is 8.52. The number of nitrogens with zero attached hydrogens (tertiary/aromatic N) is 1. The van der Waals surface area contributed by atoms with Crippen LogP contribution in [0.25, 0.3) is 22.3 Å². The molecule has 10 heteroatoms. The van der Waals surface area contributed by atoms with E-state index in [-0.39, 0.29) is 16.0 Å². The van der Waals surface area contributed by atoms with Crippen LogP contribution in [0.5, 0.6) is 0 Å². The number of sulfonamides is 1. The topological polar surface area (TPSA) is 63.4 Å². The third kappa shape index (κ3) is 3.88. The minimum absolute atomic E-state index is 0.0453. The largest absolute Gasteiger partial charge is 0.376 e. The van der Waals surface area contributed by atoms with E-state index >= 15 is 0 Å². The lowest BCUT2D eigenvalue weighted by molar-refractivity contribution is 0.412. The highest BCUT2D eigenvalue weighted by Crippen LogP contribution is 2.41. The summed E-state index contributed by atoms with van der Waals surface area (Å²) in [4.78, 5) is 1.33. The second-order valence-electron chi connectivity index (χ2n) is 6.64. The van der Waals surface area contributed by atoms with Crippen LogP contribution in [0.3, 0.4) is 0 Å². The number of benzene rings is 3. The van der Waals surface area contributed by atoms with Crippen LogP contribution in [0.1, 0.15) is 0 Å². The van der Waals surface area contributed by atoms with Crippen LogP contribution >= 0.6 is 11.6 Å². The highest BCUT2D eigenvalue weighted by Gasteiger charge is 2.27. The molecule has 0 saturated carbocycles. The van der Waals surface area contributed by atoms with Gasteiger partial charge >= 0.3 is 0 Å². The van der Waals surface area contributed by atoms with Crippen molar-refractivity contribution in [1.82, 2.24) is 0 Å². The van der Waals surface area contributed by atoms with E-state index < -0.39 is 44.4 Å². The summed E-state index contributed by atoms with van der Waals surface area (Å²) in [6.07, 6.45) is 0. The molecule has 0 amide bonds. The molecule has 0 saturated heterocycles. The molecule has 158 valence electrons. The predicted molar refractivity (Wildman–Crippen MR) is 108 cm³/mol. The van der Waals surface area contributed by atoms with Gasteiger partial charge in [-0.25, -0.2) is 31.1 Å². The zero-order valence-corrected chi connectivity index (χ0v) is 17.3. The van der Waals surface area contributed by atoms with Gasteiger partial charge < -0.3 is 4.90 Å². The van der Waals surface area contributed by atoms with Crippen molar-refractivity contribution in [3.63, 3.8) is 0 Å². The first-order valence-corrected chi connectivity index (χ1v) is 10.3. The first kappa shape index (κ1) is 22.1. The van der Waals surface area contributed by atoms with Gasteiger partial charge in [-0.1, -0.05) is 29.8 Å². The van der Waals surface area contributed by atoms with Crippen molar-refractivity contribution in [2.75, 3.05) is 19.0 Å². The molecular formula is C20H15ClF4N2O2S. The normalized spacial score (nSPS) is 11.6. The van der Waals surface area contributed by atoms with Crippen molar-refractivity contribution >= 4 is 27.3 Å². The standard InChI is InChI=1S/C20H15ClF4N2O2S/c1-27(2)14-9-11(5-8-13(14)21)16-15(17(22)19(24)20(25)18(16)23)10-3-6-12(7-4-10)30(26,28)29/h3-9H,1-2H3,(H2,26,28,29). The molecule has 3 rings (SSSR count). The summed E-state index contributed by atoms with van der Waals surface area (Å²) in [5.74, 6) is -7.16. The highest BCUT2D eigenvalue weighted by molar-refractivity contribution is 7.89. The summed E-state index contributed by atoms with van der Waals surface area (Å²) < 4.78 is 80.6. The molecule has 0 spiro atoms. The summed E-state index contributed by atoms with van der Waals surface area (Å²) in [7, 11) is -0.706. The van der Waals surface area contributed by atoms with Crippen LogP contribution in [0.15, 0.2) is 47.4 Å². The second kappa shape index (κ2) is 7.90. The predicted octanol–water partition coefficient (Wildman–Crippen LogP) is 4.94. The first-order chi connectivity index (χ1) is 13.9. The lowest BCUT2D eigenvalue weighted by Gasteiger charge is -2.18. The van der Waals surface area contributed by atoms with Crippen molar-refractivity contribution in [3.05, 3.63) is 70.8 Å². The first-order valence-electron chi connectivity index (χ1n) is 8.40. The lowest BCUT2D eigenvalue weighted by atomic mass is 9.92. The molecule has 3 aromatic rings. The summed E-state index contributed by atoms with van der Waals surface area (Å²) >= 11 is 6.11. The van der Waals surface area contributed by atoms with E-state index in [2.05, 4.69) is 0 Å². The lowest BCUT2D eigenvalue weighted by Crippen LogP contribution is -2.12. The van der Waals surface area contributed by atoms with E-state index in [0.717, 1.165) is 24.3 Å². The summed E-state index contributed by atoms with van der Waals surface area (Å²) in [6.45, 7) is 0. The van der Waals surface area contributed by atoms with Gasteiger partial charge in [-0.15, -0.1) is 0 Å². The van der Waals surface area contributed by atoms with Crippen molar-refractivity contribution in [1.29, 1.82) is 0 Å². The van der Waals surface area contributed by atoms with Crippen LogP contribution in [-0.4, -0.2) is 22.5 Å². The van der Waals surface area contributed by atoms with Crippen molar-refractivity contribution < 1.29 is 26.0 Å². The molecule has 3 aromatic carbocycles. The zero-order valence-electron chi connectivity index (χ0n) is 15.7. The molecule has 4 nitrogen and oxygen atoms in total. The van der Waals surface area contributed by atoms with Gasteiger partial charge in [0.1, 0.15) is 0 Å². The van der Waals surface area contributed by atoms with E-state index in [4.69, 9.17) is 16.7 Å². The average molecular weight is 459 g/mol. The third-order valence-electron chi connectivity index (χ3n) is 4.46. The SMILES string of the molecule is CN(C)c1cc(-c2c(F)c(F)c(F)c(F)c2-c2ccc(S(N)(=O)=O)cc2)ccc1Cl. The maximum atomic E-state index is 14.8. The van der Waals surface area contributed by atoms with Crippen molar-refractivity contribution in [2.24, 2.45) is 5.14 Å². The molecule has 0 aliphatic carbocycles. The molecule has 0 radical (unpaired) electrons. The summed E-state index contributed by atoms with van der Waals surface area (Å²) in [5.41, 5.74) is -0.693. The minimum Gasteiger partial charge on any atom is -0.376 e. The molecule has 0 fully saturated rings. The molecule has 30 heavy (non-hydrogen) atoms. The van der Waals surface area contributed by atoms with E-state index in [1.807, 2.05) is 0 Å². The molecule has 0 aromatic heterocycles. The number of primary sulfonamides is 1. The van der Waals surface area contributed by atoms with Crippen LogP contribution in [0.2, 0.25) is 5.02 Å². The maximum absolute atomic E-state index is 14.8. The van der Waals surface area contributed by atoms with E-state index in [0.29, 0.717) is 10.7 Å². The molecule has 0 unspecified atom stereocenters. The number of hydrogen-bond donors (Lipinski definition) is 1. The van der Waals surface area contributed by atoms with Gasteiger partial charge in [0.2, 0.25) is 10.0 Å². The Morgan fingerprint density at radius 1 is 0.800 bits per heavy atom. The van der Waals surface area contributed by atoms with Crippen LogP contribution < -0.4 is 10.0 Å². The number of halogens is 5. The van der Waals surface area contributed by atoms with Crippen molar-refractivity contribution in [2.45, 2.75) is 4.90 Å². The van der Waals surface area contributed by atoms with E-state index in [1.165, 1.54) is 18.2 Å². The van der Waals surface area contributed by atoms with Gasteiger partial charge in [0.05, 0.1) is 15.6 Å². The highest BCUT2D eigenvalue weighted by atomic mass is 35.5. The Hall–Kier alpha value is -2.62. The van der Waals surface area contributed by atoms with Gasteiger partial charge in [0, 0.05) is 25.2 Å². The molecule has 0 aliphatic heterocycles. The Balaban J connectivity index is 2.36. The fourth-order valence-electron chi connectivity index (χ4n) is 3.00. The van der Waals surface area contributed by atoms with Gasteiger partial charge in [-0.3, -0.25) is 0 Å². The number of anilines is 1. The Morgan fingerprint density at radius 3 is 1.73 bits per heavy atom. The van der Waals surface area contributed by atoms with Crippen LogP contribution in [0.4, 0.5) is 23.2 Å². The monoisotopic (exact) mass is 458 g/mol. The fourth-order valence-corrected chi connectivity index (χ4v) is 3.80.